The number of amides is 3. The van der Waals surface area contributed by atoms with Crippen molar-refractivity contribution < 1.29 is 31.2 Å². The summed E-state index contributed by atoms with van der Waals surface area (Å²) in [6.45, 7) is 1.56. The monoisotopic (exact) mass is 548 g/mol. The van der Waals surface area contributed by atoms with Crippen molar-refractivity contribution in [2.24, 2.45) is 0 Å². The number of hydrogen-bond acceptors (Lipinski definition) is 6. The Kier molecular flexibility index (Phi) is 7.53. The van der Waals surface area contributed by atoms with Crippen molar-refractivity contribution in [1.82, 2.24) is 20.0 Å². The SMILES string of the molecule is Cc1ccc(N(C)C(=O)[C@H](Cc2cc(F)cc(F)c2)NC(=O)NS(=O)(=O)N2CCc3cncnc32)cc1F. The fraction of sp³-hybridized carbons (Fsp3) is 0.250. The Hall–Kier alpha value is -4.20. The lowest BCUT2D eigenvalue weighted by Gasteiger charge is -2.26. The van der Waals surface area contributed by atoms with Gasteiger partial charge < -0.3 is 10.2 Å². The van der Waals surface area contributed by atoms with Gasteiger partial charge in [-0.05, 0) is 48.7 Å². The van der Waals surface area contributed by atoms with Gasteiger partial charge in [-0.2, -0.15) is 8.42 Å². The highest BCUT2D eigenvalue weighted by molar-refractivity contribution is 7.91. The van der Waals surface area contributed by atoms with E-state index in [0.717, 1.165) is 27.4 Å². The molecule has 3 amide bonds. The van der Waals surface area contributed by atoms with E-state index in [4.69, 9.17) is 0 Å². The fourth-order valence-corrected chi connectivity index (χ4v) is 5.12. The molecular weight excluding hydrogens is 525 g/mol. The van der Waals surface area contributed by atoms with Crippen LogP contribution in [0, 0.1) is 24.4 Å². The van der Waals surface area contributed by atoms with Crippen LogP contribution in [-0.4, -0.2) is 50.0 Å². The Morgan fingerprint density at radius 1 is 1.13 bits per heavy atom. The summed E-state index contributed by atoms with van der Waals surface area (Å²) >= 11 is 0. The number of carbonyl (C=O) groups is 2. The van der Waals surface area contributed by atoms with Gasteiger partial charge in [-0.3, -0.25) is 4.79 Å². The summed E-state index contributed by atoms with van der Waals surface area (Å²) in [7, 11) is -3.10. The van der Waals surface area contributed by atoms with Gasteiger partial charge in [0.05, 0.1) is 0 Å². The summed E-state index contributed by atoms with van der Waals surface area (Å²) < 4.78 is 70.2. The van der Waals surface area contributed by atoms with Gasteiger partial charge in [0.15, 0.2) is 0 Å². The number of hydrogen-bond donors (Lipinski definition) is 2. The molecule has 38 heavy (non-hydrogen) atoms. The number of rotatable bonds is 7. The number of halogens is 3. The highest BCUT2D eigenvalue weighted by Crippen LogP contribution is 2.26. The van der Waals surface area contributed by atoms with E-state index in [9.17, 15) is 31.2 Å². The van der Waals surface area contributed by atoms with E-state index in [0.29, 0.717) is 23.6 Å². The van der Waals surface area contributed by atoms with E-state index < -0.39 is 45.6 Å². The number of carbonyl (C=O) groups excluding carboxylic acids is 2. The van der Waals surface area contributed by atoms with Crippen LogP contribution in [0.2, 0.25) is 0 Å². The minimum atomic E-state index is -4.43. The molecule has 14 heteroatoms. The third-order valence-electron chi connectivity index (χ3n) is 5.94. The minimum Gasteiger partial charge on any atom is -0.325 e. The van der Waals surface area contributed by atoms with Crippen molar-refractivity contribution in [3.8, 4) is 0 Å². The molecule has 1 aliphatic heterocycles. The van der Waals surface area contributed by atoms with E-state index in [-0.39, 0.29) is 30.0 Å². The van der Waals surface area contributed by atoms with E-state index >= 15 is 0 Å². The van der Waals surface area contributed by atoms with Crippen molar-refractivity contribution >= 4 is 33.7 Å². The van der Waals surface area contributed by atoms with Crippen molar-refractivity contribution in [3.63, 3.8) is 0 Å². The predicted molar refractivity (Wildman–Crippen MR) is 132 cm³/mol. The Morgan fingerprint density at radius 3 is 2.53 bits per heavy atom. The van der Waals surface area contributed by atoms with Gasteiger partial charge in [-0.25, -0.2) is 37.0 Å². The number of anilines is 2. The van der Waals surface area contributed by atoms with E-state index in [2.05, 4.69) is 15.3 Å². The molecule has 0 spiro atoms. The summed E-state index contributed by atoms with van der Waals surface area (Å²) in [5.41, 5.74) is 1.10. The van der Waals surface area contributed by atoms with Crippen LogP contribution in [0.4, 0.5) is 29.5 Å². The third-order valence-corrected chi connectivity index (χ3v) is 7.31. The number of aryl methyl sites for hydroxylation is 1. The molecule has 0 saturated heterocycles. The van der Waals surface area contributed by atoms with Crippen LogP contribution in [0.25, 0.3) is 0 Å². The smallest absolute Gasteiger partial charge is 0.325 e. The second-order valence-electron chi connectivity index (χ2n) is 8.64. The Bertz CT molecular complexity index is 1480. The summed E-state index contributed by atoms with van der Waals surface area (Å²) in [5, 5.41) is 2.27. The predicted octanol–water partition coefficient (Wildman–Crippen LogP) is 2.38. The maximum atomic E-state index is 14.1. The molecule has 2 aromatic carbocycles. The zero-order valence-electron chi connectivity index (χ0n) is 20.3. The lowest BCUT2D eigenvalue weighted by atomic mass is 10.0. The van der Waals surface area contributed by atoms with Crippen molar-refractivity contribution in [1.29, 1.82) is 0 Å². The molecule has 200 valence electrons. The van der Waals surface area contributed by atoms with Crippen LogP contribution in [0.15, 0.2) is 48.9 Å². The Balaban J connectivity index is 1.57. The van der Waals surface area contributed by atoms with Gasteiger partial charge in [0.2, 0.25) is 5.91 Å². The summed E-state index contributed by atoms with van der Waals surface area (Å²) in [6.07, 6.45) is 2.58. The first-order valence-corrected chi connectivity index (χ1v) is 12.8. The number of aromatic nitrogens is 2. The minimum absolute atomic E-state index is 0.0172. The number of nitrogens with one attached hydrogen (secondary N) is 2. The van der Waals surface area contributed by atoms with Crippen LogP contribution in [0.3, 0.4) is 0 Å². The number of fused-ring (bicyclic) bond motifs is 1. The lowest BCUT2D eigenvalue weighted by Crippen LogP contribution is -2.54. The number of urea groups is 1. The molecule has 10 nitrogen and oxygen atoms in total. The highest BCUT2D eigenvalue weighted by atomic mass is 32.2. The van der Waals surface area contributed by atoms with Gasteiger partial charge in [0.1, 0.15) is 35.6 Å². The fourth-order valence-electron chi connectivity index (χ4n) is 3.99. The Labute approximate surface area is 216 Å². The second kappa shape index (κ2) is 10.7. The quantitative estimate of drug-likeness (QED) is 0.467. The van der Waals surface area contributed by atoms with Crippen molar-refractivity contribution in [3.05, 3.63) is 83.1 Å². The van der Waals surface area contributed by atoms with Crippen molar-refractivity contribution in [2.75, 3.05) is 22.8 Å². The molecule has 0 radical (unpaired) electrons. The average Bonchev–Trinajstić information content (AvgIpc) is 3.29. The molecule has 1 aliphatic rings. The molecule has 0 unspecified atom stereocenters. The first-order chi connectivity index (χ1) is 17.9. The molecule has 0 fully saturated rings. The maximum Gasteiger partial charge on any atom is 0.330 e. The molecule has 1 atom stereocenters. The Morgan fingerprint density at radius 2 is 1.84 bits per heavy atom. The van der Waals surface area contributed by atoms with Gasteiger partial charge in [0, 0.05) is 43.5 Å². The number of likely N-dealkylation sites (N-methyl/N-ethyl adjacent to an activating group) is 1. The van der Waals surface area contributed by atoms with Crippen LogP contribution >= 0.6 is 0 Å². The summed E-state index contributed by atoms with van der Waals surface area (Å²) in [6, 6.07) is 3.91. The second-order valence-corrected chi connectivity index (χ2v) is 10.2. The maximum absolute atomic E-state index is 14.1. The summed E-state index contributed by atoms with van der Waals surface area (Å²) in [5.74, 6) is -3.05. The van der Waals surface area contributed by atoms with Crippen LogP contribution in [-0.2, 0) is 27.8 Å². The van der Waals surface area contributed by atoms with Crippen molar-refractivity contribution in [2.45, 2.75) is 25.8 Å². The van der Waals surface area contributed by atoms with Crippen LogP contribution in [0.1, 0.15) is 16.7 Å². The zero-order chi connectivity index (χ0) is 27.6. The van der Waals surface area contributed by atoms with Gasteiger partial charge in [-0.1, -0.05) is 6.07 Å². The first-order valence-electron chi connectivity index (χ1n) is 11.3. The summed E-state index contributed by atoms with van der Waals surface area (Å²) in [4.78, 5) is 35.0. The largest absolute Gasteiger partial charge is 0.330 e. The highest BCUT2D eigenvalue weighted by Gasteiger charge is 2.33. The molecule has 0 bridgehead atoms. The van der Waals surface area contributed by atoms with Crippen LogP contribution < -0.4 is 19.2 Å². The van der Waals surface area contributed by atoms with Gasteiger partial charge in [-0.15, -0.1) is 0 Å². The normalized spacial score (nSPS) is 13.6. The average molecular weight is 549 g/mol. The molecule has 3 aromatic rings. The van der Waals surface area contributed by atoms with Crippen LogP contribution in [0.5, 0.6) is 0 Å². The molecule has 0 aliphatic carbocycles. The molecule has 1 aromatic heterocycles. The number of nitrogens with zero attached hydrogens (tertiary/aromatic N) is 4. The molecule has 0 saturated carbocycles. The van der Waals surface area contributed by atoms with Gasteiger partial charge >= 0.3 is 16.2 Å². The van der Waals surface area contributed by atoms with E-state index in [1.165, 1.54) is 31.7 Å². The zero-order valence-corrected chi connectivity index (χ0v) is 21.1. The molecule has 4 rings (SSSR count). The topological polar surface area (TPSA) is 125 Å². The number of benzene rings is 2. The van der Waals surface area contributed by atoms with Gasteiger partial charge in [0.25, 0.3) is 0 Å². The van der Waals surface area contributed by atoms with E-state index in [1.54, 1.807) is 6.92 Å². The standard InChI is InChI=1S/C24H23F3N6O4S/c1-14-3-4-19(11-20(14)27)32(2)23(34)21(9-15-7-17(25)10-18(26)8-15)30-24(35)31-38(36,37)33-6-5-16-12-28-13-29-22(16)33/h3-4,7-8,10-13,21H,5-6,9H2,1-2H3,(H2,30,31,35)/t21-/m0/s1. The molecule has 2 N–H and O–H groups in total. The first kappa shape index (κ1) is 26.9. The molecular formula is C24H23F3N6O4S. The lowest BCUT2D eigenvalue weighted by molar-refractivity contribution is -0.120. The third kappa shape index (κ3) is 5.85. The molecule has 2 heterocycles. The van der Waals surface area contributed by atoms with E-state index in [1.807, 2.05) is 4.72 Å².